The van der Waals surface area contributed by atoms with Gasteiger partial charge >= 0.3 is 0 Å². The molecule has 0 saturated carbocycles. The van der Waals surface area contributed by atoms with Gasteiger partial charge in [0.1, 0.15) is 0 Å². The van der Waals surface area contributed by atoms with E-state index in [2.05, 4.69) is 31.1 Å². The van der Waals surface area contributed by atoms with Gasteiger partial charge in [-0.25, -0.2) is 0 Å². The lowest BCUT2D eigenvalue weighted by molar-refractivity contribution is -0.133. The van der Waals surface area contributed by atoms with Gasteiger partial charge in [0, 0.05) is 19.6 Å². The molecule has 104 valence electrons. The number of nitrogens with one attached hydrogen (secondary N) is 1. The Bertz CT molecular complexity index is 309. The third-order valence-electron chi connectivity index (χ3n) is 3.85. The van der Waals surface area contributed by atoms with E-state index in [1.807, 2.05) is 11.8 Å². The second-order valence-electron chi connectivity index (χ2n) is 5.81. The highest BCUT2D eigenvalue weighted by Crippen LogP contribution is 2.18. The van der Waals surface area contributed by atoms with Crippen molar-refractivity contribution in [2.75, 3.05) is 33.3 Å². The third kappa shape index (κ3) is 2.84. The maximum atomic E-state index is 12.3. The molecular weight excluding hydrogens is 230 g/mol. The summed E-state index contributed by atoms with van der Waals surface area (Å²) in [7, 11) is 2.10. The van der Waals surface area contributed by atoms with E-state index >= 15 is 0 Å². The van der Waals surface area contributed by atoms with Crippen LogP contribution in [-0.4, -0.2) is 67.3 Å². The minimum atomic E-state index is -0.0404. The quantitative estimate of drug-likeness (QED) is 0.778. The number of hydrogen-bond acceptors (Lipinski definition) is 4. The number of hydrogen-bond donors (Lipinski definition) is 1. The van der Waals surface area contributed by atoms with Crippen molar-refractivity contribution in [2.45, 2.75) is 39.1 Å². The number of ether oxygens (including phenoxy) is 1. The first-order chi connectivity index (χ1) is 8.49. The molecule has 2 heterocycles. The van der Waals surface area contributed by atoms with Crippen molar-refractivity contribution >= 4 is 5.91 Å². The van der Waals surface area contributed by atoms with Crippen LogP contribution in [0.5, 0.6) is 0 Å². The molecule has 0 aromatic carbocycles. The molecule has 2 fully saturated rings. The van der Waals surface area contributed by atoms with Gasteiger partial charge in [-0.15, -0.1) is 0 Å². The van der Waals surface area contributed by atoms with Gasteiger partial charge in [-0.3, -0.25) is 10.1 Å². The Morgan fingerprint density at radius 3 is 2.78 bits per heavy atom. The predicted molar refractivity (Wildman–Crippen MR) is 70.2 cm³/mol. The predicted octanol–water partition coefficient (Wildman–Crippen LogP) is 0.119. The van der Waals surface area contributed by atoms with Crippen LogP contribution in [0.1, 0.15) is 20.8 Å². The lowest BCUT2D eigenvalue weighted by Crippen LogP contribution is -2.48. The molecule has 1 amide bonds. The van der Waals surface area contributed by atoms with Crippen LogP contribution in [0.15, 0.2) is 0 Å². The molecule has 2 aliphatic heterocycles. The maximum Gasteiger partial charge on any atom is 0.241 e. The Morgan fingerprint density at radius 2 is 2.22 bits per heavy atom. The van der Waals surface area contributed by atoms with Gasteiger partial charge in [0.2, 0.25) is 5.91 Å². The van der Waals surface area contributed by atoms with Crippen molar-refractivity contribution in [3.05, 3.63) is 0 Å². The SMILES string of the molecule is CC(C)C1NC(C)N(CC2CN(C)CCO2)C1=O. The molecule has 5 heteroatoms. The van der Waals surface area contributed by atoms with E-state index in [0.717, 1.165) is 19.7 Å². The zero-order valence-corrected chi connectivity index (χ0v) is 11.8. The van der Waals surface area contributed by atoms with Crippen LogP contribution in [-0.2, 0) is 9.53 Å². The number of rotatable bonds is 3. The zero-order chi connectivity index (χ0) is 13.3. The van der Waals surface area contributed by atoms with Crippen LogP contribution in [0.25, 0.3) is 0 Å². The number of amides is 1. The summed E-state index contributed by atoms with van der Waals surface area (Å²) < 4.78 is 5.74. The first kappa shape index (κ1) is 13.8. The van der Waals surface area contributed by atoms with Gasteiger partial charge in [-0.1, -0.05) is 13.8 Å². The van der Waals surface area contributed by atoms with Gasteiger partial charge in [0.05, 0.1) is 24.9 Å². The molecule has 2 saturated heterocycles. The molecule has 0 radical (unpaired) electrons. The summed E-state index contributed by atoms with van der Waals surface area (Å²) in [6, 6.07) is -0.0404. The van der Waals surface area contributed by atoms with E-state index in [0.29, 0.717) is 12.5 Å². The van der Waals surface area contributed by atoms with Gasteiger partial charge in [0.15, 0.2) is 0 Å². The Kier molecular flexibility index (Phi) is 4.25. The van der Waals surface area contributed by atoms with Crippen LogP contribution in [0.3, 0.4) is 0 Å². The highest BCUT2D eigenvalue weighted by atomic mass is 16.5. The average Bonchev–Trinajstić information content (AvgIpc) is 2.57. The molecule has 2 aliphatic rings. The summed E-state index contributed by atoms with van der Waals surface area (Å²) in [6.07, 6.45) is 0.253. The van der Waals surface area contributed by atoms with Crippen LogP contribution in [0, 0.1) is 5.92 Å². The largest absolute Gasteiger partial charge is 0.374 e. The Balaban J connectivity index is 1.94. The lowest BCUT2D eigenvalue weighted by Gasteiger charge is -2.33. The van der Waals surface area contributed by atoms with E-state index in [1.54, 1.807) is 0 Å². The van der Waals surface area contributed by atoms with Gasteiger partial charge in [-0.05, 0) is 19.9 Å². The van der Waals surface area contributed by atoms with Crippen LogP contribution in [0.2, 0.25) is 0 Å². The smallest absolute Gasteiger partial charge is 0.241 e. The van der Waals surface area contributed by atoms with Gasteiger partial charge < -0.3 is 14.5 Å². The van der Waals surface area contributed by atoms with Crippen LogP contribution in [0.4, 0.5) is 0 Å². The number of morpholine rings is 1. The van der Waals surface area contributed by atoms with Crippen molar-refractivity contribution in [3.63, 3.8) is 0 Å². The molecule has 18 heavy (non-hydrogen) atoms. The standard InChI is InChI=1S/C13H25N3O2/c1-9(2)12-13(17)16(10(3)14-12)8-11-7-15(4)5-6-18-11/h9-12,14H,5-8H2,1-4H3. The summed E-state index contributed by atoms with van der Waals surface area (Å²) in [5.41, 5.74) is 0. The highest BCUT2D eigenvalue weighted by molar-refractivity contribution is 5.84. The Labute approximate surface area is 109 Å². The zero-order valence-electron chi connectivity index (χ0n) is 11.8. The minimum absolute atomic E-state index is 0.0404. The molecule has 0 spiro atoms. The fourth-order valence-electron chi connectivity index (χ4n) is 2.71. The lowest BCUT2D eigenvalue weighted by atomic mass is 10.1. The van der Waals surface area contributed by atoms with Gasteiger partial charge in [-0.2, -0.15) is 0 Å². The number of likely N-dealkylation sites (N-methyl/N-ethyl adjacent to an activating group) is 1. The van der Waals surface area contributed by atoms with Crippen molar-refractivity contribution in [2.24, 2.45) is 5.92 Å². The highest BCUT2D eigenvalue weighted by Gasteiger charge is 2.39. The molecule has 0 bridgehead atoms. The third-order valence-corrected chi connectivity index (χ3v) is 3.85. The molecule has 3 atom stereocenters. The van der Waals surface area contributed by atoms with E-state index in [1.165, 1.54) is 0 Å². The first-order valence-corrected chi connectivity index (χ1v) is 6.85. The fraction of sp³-hybridized carbons (Fsp3) is 0.923. The van der Waals surface area contributed by atoms with Crippen molar-refractivity contribution in [1.82, 2.24) is 15.1 Å². The van der Waals surface area contributed by atoms with Gasteiger partial charge in [0.25, 0.3) is 0 Å². The maximum absolute atomic E-state index is 12.3. The molecule has 0 aromatic rings. The minimum Gasteiger partial charge on any atom is -0.374 e. The van der Waals surface area contributed by atoms with Crippen LogP contribution < -0.4 is 5.32 Å². The molecular formula is C13H25N3O2. The molecule has 3 unspecified atom stereocenters. The molecule has 5 nitrogen and oxygen atoms in total. The number of nitrogens with zero attached hydrogens (tertiary/aromatic N) is 2. The number of carbonyl (C=O) groups is 1. The molecule has 0 aromatic heterocycles. The van der Waals surface area contributed by atoms with E-state index in [-0.39, 0.29) is 24.2 Å². The van der Waals surface area contributed by atoms with Crippen LogP contribution >= 0.6 is 0 Å². The normalized spacial score (nSPS) is 34.6. The van der Waals surface area contributed by atoms with Crippen molar-refractivity contribution in [1.29, 1.82) is 0 Å². The van der Waals surface area contributed by atoms with E-state index in [9.17, 15) is 4.79 Å². The molecule has 1 N–H and O–H groups in total. The van der Waals surface area contributed by atoms with Crippen molar-refractivity contribution in [3.8, 4) is 0 Å². The fourth-order valence-corrected chi connectivity index (χ4v) is 2.71. The summed E-state index contributed by atoms with van der Waals surface area (Å²) in [5.74, 6) is 0.550. The second kappa shape index (κ2) is 5.55. The first-order valence-electron chi connectivity index (χ1n) is 6.85. The average molecular weight is 255 g/mol. The van der Waals surface area contributed by atoms with E-state index < -0.39 is 0 Å². The summed E-state index contributed by atoms with van der Waals surface area (Å²) in [6.45, 7) is 9.55. The van der Waals surface area contributed by atoms with E-state index in [4.69, 9.17) is 4.74 Å². The Morgan fingerprint density at radius 1 is 1.50 bits per heavy atom. The topological polar surface area (TPSA) is 44.8 Å². The summed E-state index contributed by atoms with van der Waals surface area (Å²) in [5, 5.41) is 3.36. The number of carbonyl (C=O) groups excluding carboxylic acids is 1. The summed E-state index contributed by atoms with van der Waals surface area (Å²) in [4.78, 5) is 16.5. The van der Waals surface area contributed by atoms with Crippen molar-refractivity contribution < 1.29 is 9.53 Å². The monoisotopic (exact) mass is 255 g/mol. The summed E-state index contributed by atoms with van der Waals surface area (Å²) >= 11 is 0. The molecule has 0 aliphatic carbocycles. The molecule has 2 rings (SSSR count). The Hall–Kier alpha value is -0.650. The second-order valence-corrected chi connectivity index (χ2v) is 5.81.